The van der Waals surface area contributed by atoms with E-state index in [9.17, 15) is 0 Å². The zero-order chi connectivity index (χ0) is 9.35. The summed E-state index contributed by atoms with van der Waals surface area (Å²) in [7, 11) is 0. The predicted octanol–water partition coefficient (Wildman–Crippen LogP) is 4.47. The first-order chi connectivity index (χ1) is 5.41. The lowest BCUT2D eigenvalue weighted by Crippen LogP contribution is -2.07. The van der Waals surface area contributed by atoms with Crippen LogP contribution in [0.2, 0.25) is 10.0 Å². The second kappa shape index (κ2) is 3.45. The minimum absolute atomic E-state index is 0.470. The number of hydrogen-bond donors (Lipinski definition) is 0. The molecule has 1 aromatic carbocycles. The van der Waals surface area contributed by atoms with Crippen LogP contribution in [-0.2, 0) is 4.87 Å². The van der Waals surface area contributed by atoms with Gasteiger partial charge in [0.2, 0.25) is 0 Å². The lowest BCUT2D eigenvalue weighted by molar-refractivity contribution is 0.766. The minimum Gasteiger partial charge on any atom is -0.115 e. The van der Waals surface area contributed by atoms with Gasteiger partial charge in [-0.25, -0.2) is 0 Å². The van der Waals surface area contributed by atoms with Crippen LogP contribution in [0.5, 0.6) is 0 Å². The molecule has 0 radical (unpaired) electrons. The number of hydrogen-bond acceptors (Lipinski definition) is 0. The van der Waals surface area contributed by atoms with Crippen molar-refractivity contribution in [2.75, 3.05) is 0 Å². The third-order valence-electron chi connectivity index (χ3n) is 1.57. The van der Waals surface area contributed by atoms with Gasteiger partial charge in [0, 0.05) is 10.0 Å². The molecule has 0 saturated carbocycles. The summed E-state index contributed by atoms with van der Waals surface area (Å²) in [5, 5.41) is 1.31. The molecule has 0 aliphatic carbocycles. The molecule has 1 rings (SSSR count). The first-order valence-electron chi connectivity index (χ1n) is 3.55. The van der Waals surface area contributed by atoms with E-state index < -0.39 is 4.87 Å². The van der Waals surface area contributed by atoms with Gasteiger partial charge in [0.1, 0.15) is 0 Å². The van der Waals surface area contributed by atoms with Gasteiger partial charge in [0.15, 0.2) is 0 Å². The largest absolute Gasteiger partial charge is 0.115 e. The molecule has 66 valence electrons. The van der Waals surface area contributed by atoms with Crippen molar-refractivity contribution in [1.82, 2.24) is 0 Å². The third-order valence-corrected chi connectivity index (χ3v) is 2.34. The van der Waals surface area contributed by atoms with Crippen LogP contribution in [-0.4, -0.2) is 0 Å². The maximum Gasteiger partial charge on any atom is 0.0653 e. The first-order valence-corrected chi connectivity index (χ1v) is 4.69. The van der Waals surface area contributed by atoms with Gasteiger partial charge < -0.3 is 0 Å². The summed E-state index contributed by atoms with van der Waals surface area (Å²) in [6.45, 7) is 3.76. The van der Waals surface area contributed by atoms with Crippen LogP contribution in [0.25, 0.3) is 0 Å². The Morgan fingerprint density at radius 3 is 2.17 bits per heavy atom. The summed E-state index contributed by atoms with van der Waals surface area (Å²) in [5.41, 5.74) is 0.860. The predicted molar refractivity (Wildman–Crippen MR) is 55.3 cm³/mol. The quantitative estimate of drug-likeness (QED) is 0.616. The lowest BCUT2D eigenvalue weighted by Gasteiger charge is -2.17. The van der Waals surface area contributed by atoms with Crippen molar-refractivity contribution >= 4 is 34.8 Å². The van der Waals surface area contributed by atoms with E-state index in [-0.39, 0.29) is 0 Å². The molecule has 0 fully saturated rings. The fourth-order valence-corrected chi connectivity index (χ4v) is 1.68. The zero-order valence-electron chi connectivity index (χ0n) is 6.87. The smallest absolute Gasteiger partial charge is 0.0653 e. The van der Waals surface area contributed by atoms with E-state index in [1.807, 2.05) is 13.8 Å². The average Bonchev–Trinajstić information content (AvgIpc) is 1.92. The topological polar surface area (TPSA) is 0 Å². The highest BCUT2D eigenvalue weighted by Gasteiger charge is 2.19. The van der Waals surface area contributed by atoms with Crippen molar-refractivity contribution in [3.8, 4) is 0 Å². The molecule has 0 atom stereocenters. The molecule has 0 spiro atoms. The van der Waals surface area contributed by atoms with Crippen LogP contribution in [0.4, 0.5) is 0 Å². The standard InChI is InChI=1S/C9H9Cl3/c1-9(2,12)7-5-6(10)3-4-8(7)11/h3-5H,1-2H3. The summed E-state index contributed by atoms with van der Waals surface area (Å²) < 4.78 is 0. The normalized spacial score (nSPS) is 11.8. The summed E-state index contributed by atoms with van der Waals surface area (Å²) in [4.78, 5) is -0.470. The molecule has 0 N–H and O–H groups in total. The zero-order valence-corrected chi connectivity index (χ0v) is 9.13. The van der Waals surface area contributed by atoms with Crippen molar-refractivity contribution in [3.05, 3.63) is 33.8 Å². The Bertz CT molecular complexity index is 286. The van der Waals surface area contributed by atoms with Crippen molar-refractivity contribution in [2.24, 2.45) is 0 Å². The van der Waals surface area contributed by atoms with Crippen LogP contribution in [0, 0.1) is 0 Å². The number of benzene rings is 1. The van der Waals surface area contributed by atoms with Crippen molar-refractivity contribution in [3.63, 3.8) is 0 Å². The van der Waals surface area contributed by atoms with E-state index in [2.05, 4.69) is 0 Å². The number of rotatable bonds is 1. The summed E-state index contributed by atoms with van der Waals surface area (Å²) in [6.07, 6.45) is 0. The molecule has 0 aliphatic heterocycles. The second-order valence-corrected chi connectivity index (χ2v) is 4.89. The van der Waals surface area contributed by atoms with Crippen LogP contribution in [0.15, 0.2) is 18.2 Å². The second-order valence-electron chi connectivity index (χ2n) is 3.10. The van der Waals surface area contributed by atoms with Crippen molar-refractivity contribution < 1.29 is 0 Å². The average molecular weight is 224 g/mol. The molecular formula is C9H9Cl3. The SMILES string of the molecule is CC(C)(Cl)c1cc(Cl)ccc1Cl. The molecule has 0 heterocycles. The van der Waals surface area contributed by atoms with Gasteiger partial charge in [0.05, 0.1) is 4.87 Å². The van der Waals surface area contributed by atoms with Gasteiger partial charge in [0.25, 0.3) is 0 Å². The van der Waals surface area contributed by atoms with E-state index in [1.165, 1.54) is 0 Å². The Balaban J connectivity index is 3.23. The van der Waals surface area contributed by atoms with Crippen LogP contribution < -0.4 is 0 Å². The molecule has 1 aromatic rings. The Labute approximate surface area is 87.4 Å². The fraction of sp³-hybridized carbons (Fsp3) is 0.333. The van der Waals surface area contributed by atoms with E-state index in [4.69, 9.17) is 34.8 Å². The van der Waals surface area contributed by atoms with E-state index in [1.54, 1.807) is 18.2 Å². The Morgan fingerprint density at radius 2 is 1.75 bits per heavy atom. The lowest BCUT2D eigenvalue weighted by atomic mass is 10.0. The monoisotopic (exact) mass is 222 g/mol. The Hall–Kier alpha value is 0.0900. The van der Waals surface area contributed by atoms with Gasteiger partial charge >= 0.3 is 0 Å². The van der Waals surface area contributed by atoms with Gasteiger partial charge in [-0.2, -0.15) is 0 Å². The molecule has 0 unspecified atom stereocenters. The van der Waals surface area contributed by atoms with Gasteiger partial charge in [-0.05, 0) is 37.6 Å². The minimum atomic E-state index is -0.470. The summed E-state index contributed by atoms with van der Waals surface area (Å²) in [5.74, 6) is 0. The van der Waals surface area contributed by atoms with E-state index in [0.717, 1.165) is 5.56 Å². The summed E-state index contributed by atoms with van der Waals surface area (Å²) >= 11 is 17.8. The molecule has 12 heavy (non-hydrogen) atoms. The molecular weight excluding hydrogens is 214 g/mol. The van der Waals surface area contributed by atoms with Gasteiger partial charge in [-0.15, -0.1) is 11.6 Å². The van der Waals surface area contributed by atoms with Crippen LogP contribution >= 0.6 is 34.8 Å². The van der Waals surface area contributed by atoms with Crippen LogP contribution in [0.1, 0.15) is 19.4 Å². The molecule has 0 aliphatic rings. The van der Waals surface area contributed by atoms with E-state index in [0.29, 0.717) is 10.0 Å². The molecule has 0 aromatic heterocycles. The number of halogens is 3. The van der Waals surface area contributed by atoms with Crippen molar-refractivity contribution in [2.45, 2.75) is 18.7 Å². The Morgan fingerprint density at radius 1 is 1.17 bits per heavy atom. The van der Waals surface area contributed by atoms with Gasteiger partial charge in [-0.1, -0.05) is 23.2 Å². The highest BCUT2D eigenvalue weighted by atomic mass is 35.5. The maximum absolute atomic E-state index is 6.09. The van der Waals surface area contributed by atoms with E-state index >= 15 is 0 Å². The number of alkyl halides is 1. The molecule has 0 saturated heterocycles. The Kier molecular flexibility index (Phi) is 2.92. The third kappa shape index (κ3) is 2.29. The highest BCUT2D eigenvalue weighted by molar-refractivity contribution is 6.35. The molecule has 0 amide bonds. The fourth-order valence-electron chi connectivity index (χ4n) is 0.953. The highest BCUT2D eigenvalue weighted by Crippen LogP contribution is 2.34. The molecule has 3 heteroatoms. The first kappa shape index (κ1) is 10.2. The van der Waals surface area contributed by atoms with Crippen molar-refractivity contribution in [1.29, 1.82) is 0 Å². The maximum atomic E-state index is 6.09. The molecule has 0 nitrogen and oxygen atoms in total. The van der Waals surface area contributed by atoms with Crippen LogP contribution in [0.3, 0.4) is 0 Å². The summed E-state index contributed by atoms with van der Waals surface area (Å²) in [6, 6.07) is 5.29. The molecule has 0 bridgehead atoms. The van der Waals surface area contributed by atoms with Gasteiger partial charge in [-0.3, -0.25) is 0 Å².